The van der Waals surface area contributed by atoms with Crippen LogP contribution >= 0.6 is 0 Å². The van der Waals surface area contributed by atoms with Gasteiger partial charge in [-0.3, -0.25) is 0 Å². The van der Waals surface area contributed by atoms with Gasteiger partial charge < -0.3 is 74.4 Å². The Morgan fingerprint density at radius 3 is 0.375 bits per heavy atom. The molecule has 0 aromatic carbocycles. The Hall–Kier alpha value is 3.44. The summed E-state index contributed by atoms with van der Waals surface area (Å²) >= 11 is 0. The first-order valence-electron chi connectivity index (χ1n) is 0. The second kappa shape index (κ2) is 78.7. The fourth-order valence-corrected chi connectivity index (χ4v) is 0. The molecule has 0 bridgehead atoms. The van der Waals surface area contributed by atoms with Gasteiger partial charge in [0.25, 0.3) is 0 Å². The summed E-state index contributed by atoms with van der Waals surface area (Å²) in [5.41, 5.74) is 0. The number of hydrogen-bond acceptors (Lipinski definition) is 0. The Morgan fingerprint density at radius 1 is 0.375 bits per heavy atom. The monoisotopic (exact) mass is 326 g/mol. The molecule has 0 aliphatic heterocycles. The van der Waals surface area contributed by atoms with Crippen molar-refractivity contribution in [1.29, 1.82) is 0 Å². The number of halogens is 6. The van der Waals surface area contributed by atoms with Crippen molar-refractivity contribution in [1.82, 2.24) is 0 Å². The van der Waals surface area contributed by atoms with Crippen molar-refractivity contribution in [2.24, 2.45) is 0 Å². The maximum Gasteiger partial charge on any atom is 4.00 e. The summed E-state index contributed by atoms with van der Waals surface area (Å²) in [6, 6.07) is 0. The van der Waals surface area contributed by atoms with Crippen LogP contribution in [0.3, 0.4) is 0 Å². The minimum Gasteiger partial charge on any atom is -1.00 e. The quantitative estimate of drug-likeness (QED) is 0.388. The fraction of sp³-hybridized carbons (Fsp3) is 0. The van der Waals surface area contributed by atoms with E-state index in [2.05, 4.69) is 0 Å². The van der Waals surface area contributed by atoms with Crippen molar-refractivity contribution in [3.05, 3.63) is 0 Å². The van der Waals surface area contributed by atoms with Crippen molar-refractivity contribution in [2.75, 3.05) is 0 Å². The average molecular weight is 328 g/mol. The summed E-state index contributed by atoms with van der Waals surface area (Å²) in [5.74, 6) is 0. The van der Waals surface area contributed by atoms with Gasteiger partial charge >= 0.3 is 56.4 Å². The molecule has 0 aliphatic rings. The van der Waals surface area contributed by atoms with Gasteiger partial charge in [-0.15, -0.1) is 0 Å². The summed E-state index contributed by atoms with van der Waals surface area (Å²) in [6.07, 6.45) is 0. The van der Waals surface area contributed by atoms with E-state index in [9.17, 15) is 0 Å². The molecule has 0 unspecified atom stereocenters. The Morgan fingerprint density at radius 2 is 0.375 bits per heavy atom. The maximum absolute atomic E-state index is 0. The van der Waals surface area contributed by atoms with E-state index < -0.39 is 0 Å². The van der Waals surface area contributed by atoms with Crippen molar-refractivity contribution >= 4 is 56.4 Å². The van der Waals surface area contributed by atoms with Crippen LogP contribution in [-0.2, 0) is 0 Å². The number of rotatable bonds is 0. The van der Waals surface area contributed by atoms with Crippen LogP contribution in [0.5, 0.6) is 0 Å². The smallest absolute Gasteiger partial charge is 1.00 e. The molecule has 0 aromatic rings. The molecule has 0 rings (SSSR count). The van der Waals surface area contributed by atoms with Gasteiger partial charge in [0.1, 0.15) is 0 Å². The van der Waals surface area contributed by atoms with E-state index in [1.165, 1.54) is 0 Å². The molecular formula is Cl6SiSr. The first kappa shape index (κ1) is 105. The van der Waals surface area contributed by atoms with E-state index in [0.717, 1.165) is 0 Å². The Kier molecular flexibility index (Phi) is 1040. The van der Waals surface area contributed by atoms with Gasteiger partial charge in [0, 0.05) is 0 Å². The molecule has 8 heteroatoms. The zero-order chi connectivity index (χ0) is 0. The largest absolute Gasteiger partial charge is 4.00 e. The van der Waals surface area contributed by atoms with Gasteiger partial charge in [-0.25, -0.2) is 0 Å². The second-order valence-corrected chi connectivity index (χ2v) is 0. The van der Waals surface area contributed by atoms with E-state index in [4.69, 9.17) is 0 Å². The number of hydrogen-bond donors (Lipinski definition) is 0. The van der Waals surface area contributed by atoms with Crippen LogP contribution in [0, 0.1) is 0 Å². The molecule has 8 heavy (non-hydrogen) atoms. The third-order valence-corrected chi connectivity index (χ3v) is 0. The SMILES string of the molecule is [Cl-].[Cl-].[Cl-].[Cl-].[Cl-].[Cl-].[Si+4].[Sr+2]. The first-order valence-corrected chi connectivity index (χ1v) is 0. The van der Waals surface area contributed by atoms with E-state index in [0.29, 0.717) is 0 Å². The maximum atomic E-state index is 0. The van der Waals surface area contributed by atoms with Crippen LogP contribution in [-0.4, -0.2) is 56.4 Å². The molecule has 0 amide bonds. The van der Waals surface area contributed by atoms with Crippen molar-refractivity contribution in [2.45, 2.75) is 0 Å². The summed E-state index contributed by atoms with van der Waals surface area (Å²) < 4.78 is 0. The summed E-state index contributed by atoms with van der Waals surface area (Å²) in [7, 11) is 0. The van der Waals surface area contributed by atoms with Crippen LogP contribution in [0.4, 0.5) is 0 Å². The van der Waals surface area contributed by atoms with Gasteiger partial charge in [0.05, 0.1) is 0 Å². The molecule has 0 heterocycles. The molecular weight excluding hydrogens is 328 g/mol. The minimum atomic E-state index is 0. The van der Waals surface area contributed by atoms with Gasteiger partial charge in [0.2, 0.25) is 0 Å². The van der Waals surface area contributed by atoms with E-state index in [1.54, 1.807) is 0 Å². The molecule has 0 aliphatic carbocycles. The molecule has 0 saturated heterocycles. The third-order valence-electron chi connectivity index (χ3n) is 0. The topological polar surface area (TPSA) is 0 Å². The third kappa shape index (κ3) is 56.9. The van der Waals surface area contributed by atoms with Crippen molar-refractivity contribution in [3.8, 4) is 0 Å². The summed E-state index contributed by atoms with van der Waals surface area (Å²) in [6.45, 7) is 0. The zero-order valence-corrected chi connectivity index (χ0v) is 12.5. The predicted molar refractivity (Wildman–Crippen MR) is 11.5 cm³/mol. The van der Waals surface area contributed by atoms with Gasteiger partial charge in [-0.05, 0) is 0 Å². The van der Waals surface area contributed by atoms with Gasteiger partial charge in [0.15, 0.2) is 0 Å². The summed E-state index contributed by atoms with van der Waals surface area (Å²) in [5, 5.41) is 0. The zero-order valence-electron chi connectivity index (χ0n) is 3.47. The van der Waals surface area contributed by atoms with Gasteiger partial charge in [-0.2, -0.15) is 0 Å². The molecule has 0 saturated carbocycles. The van der Waals surface area contributed by atoms with E-state index >= 15 is 0 Å². The van der Waals surface area contributed by atoms with Crippen molar-refractivity contribution in [3.63, 3.8) is 0 Å². The summed E-state index contributed by atoms with van der Waals surface area (Å²) in [4.78, 5) is 0. The van der Waals surface area contributed by atoms with E-state index in [1.807, 2.05) is 0 Å². The van der Waals surface area contributed by atoms with Crippen LogP contribution in [0.15, 0.2) is 0 Å². The predicted octanol–water partition coefficient (Wildman–Crippen LogP) is -18.7. The van der Waals surface area contributed by atoms with Crippen molar-refractivity contribution < 1.29 is 74.4 Å². The molecule has 48 valence electrons. The minimum absolute atomic E-state index is 0. The fourth-order valence-electron chi connectivity index (χ4n) is 0. The molecule has 0 radical (unpaired) electrons. The standard InChI is InChI=1S/6ClH.Si.Sr/h6*1H;;/q;;;;;;+4;+2/p-6. The molecule has 0 aromatic heterocycles. The second-order valence-electron chi connectivity index (χ2n) is 0. The molecule has 0 fully saturated rings. The van der Waals surface area contributed by atoms with Gasteiger partial charge in [-0.1, -0.05) is 0 Å². The van der Waals surface area contributed by atoms with Crippen LogP contribution < -0.4 is 74.4 Å². The Labute approximate surface area is 128 Å². The molecule has 0 spiro atoms. The molecule has 0 N–H and O–H groups in total. The molecule has 0 atom stereocenters. The average Bonchev–Trinajstić information content (AvgIpc) is 0. The van der Waals surface area contributed by atoms with Crippen LogP contribution in [0.2, 0.25) is 0 Å². The van der Waals surface area contributed by atoms with E-state index in [-0.39, 0.29) is 131 Å². The Balaban J connectivity index is 0. The van der Waals surface area contributed by atoms with Crippen LogP contribution in [0.1, 0.15) is 0 Å². The normalized spacial score (nSPS) is 0. The Bertz CT molecular complexity index is 8.49. The first-order chi connectivity index (χ1) is 0. The van der Waals surface area contributed by atoms with Crippen LogP contribution in [0.25, 0.3) is 0 Å². The molecule has 0 nitrogen and oxygen atoms in total.